The van der Waals surface area contributed by atoms with Crippen molar-refractivity contribution in [1.29, 1.82) is 0 Å². The first kappa shape index (κ1) is 24.1. The van der Waals surface area contributed by atoms with E-state index < -0.39 is 22.5 Å². The Kier molecular flexibility index (Phi) is 7.12. The number of amides is 1. The number of hydrogen-bond donors (Lipinski definition) is 1. The molecule has 174 valence electrons. The van der Waals surface area contributed by atoms with E-state index in [1.165, 1.54) is 30.3 Å². The van der Waals surface area contributed by atoms with E-state index in [2.05, 4.69) is 5.32 Å². The van der Waals surface area contributed by atoms with Gasteiger partial charge in [-0.25, -0.2) is 8.42 Å². The second-order valence-electron chi connectivity index (χ2n) is 7.88. The lowest BCUT2D eigenvalue weighted by Gasteiger charge is -2.24. The number of halogens is 2. The standard InChI is InChI=1S/C26H22Cl2N2O3S/c1-18-6-11-23(12-7-18)34(32,33)30(22-10-13-24(27)25(28)15-22)17-26(31)29-16-19-8-9-20-4-2-3-5-21(20)14-19/h2-15H,16-17H2,1H3,(H,29,31). The smallest absolute Gasteiger partial charge is 0.264 e. The summed E-state index contributed by atoms with van der Waals surface area (Å²) in [7, 11) is -4.04. The highest BCUT2D eigenvalue weighted by molar-refractivity contribution is 7.92. The quantitative estimate of drug-likeness (QED) is 0.331. The van der Waals surface area contributed by atoms with Gasteiger partial charge in [0.1, 0.15) is 6.54 Å². The van der Waals surface area contributed by atoms with Gasteiger partial charge in [-0.3, -0.25) is 9.10 Å². The molecule has 4 rings (SSSR count). The van der Waals surface area contributed by atoms with Gasteiger partial charge in [-0.2, -0.15) is 0 Å². The van der Waals surface area contributed by atoms with Crippen molar-refractivity contribution in [3.8, 4) is 0 Å². The lowest BCUT2D eigenvalue weighted by Crippen LogP contribution is -2.40. The van der Waals surface area contributed by atoms with Crippen LogP contribution in [0.15, 0.2) is 89.8 Å². The number of hydrogen-bond acceptors (Lipinski definition) is 3. The summed E-state index contributed by atoms with van der Waals surface area (Å²) in [6.45, 7) is 1.72. The molecule has 0 saturated carbocycles. The van der Waals surface area contributed by atoms with Crippen LogP contribution in [0.4, 0.5) is 5.69 Å². The Labute approximate surface area is 209 Å². The molecule has 5 nitrogen and oxygen atoms in total. The summed E-state index contributed by atoms with van der Waals surface area (Å²) in [4.78, 5) is 12.9. The molecule has 0 heterocycles. The highest BCUT2D eigenvalue weighted by Gasteiger charge is 2.27. The van der Waals surface area contributed by atoms with Crippen LogP contribution in [0.2, 0.25) is 10.0 Å². The zero-order valence-corrected chi connectivity index (χ0v) is 20.7. The summed E-state index contributed by atoms with van der Waals surface area (Å²) >= 11 is 12.2. The summed E-state index contributed by atoms with van der Waals surface area (Å²) < 4.78 is 28.0. The van der Waals surface area contributed by atoms with Crippen molar-refractivity contribution in [2.45, 2.75) is 18.4 Å². The van der Waals surface area contributed by atoms with Crippen molar-refractivity contribution in [2.24, 2.45) is 0 Å². The highest BCUT2D eigenvalue weighted by atomic mass is 35.5. The Balaban J connectivity index is 1.58. The molecule has 0 unspecified atom stereocenters. The fourth-order valence-electron chi connectivity index (χ4n) is 3.53. The largest absolute Gasteiger partial charge is 0.350 e. The molecule has 8 heteroatoms. The van der Waals surface area contributed by atoms with E-state index in [1.54, 1.807) is 12.1 Å². The zero-order valence-electron chi connectivity index (χ0n) is 18.3. The van der Waals surface area contributed by atoms with Crippen molar-refractivity contribution in [1.82, 2.24) is 5.32 Å². The van der Waals surface area contributed by atoms with Crippen LogP contribution in [0.3, 0.4) is 0 Å². The first-order valence-electron chi connectivity index (χ1n) is 10.5. The normalized spacial score (nSPS) is 11.4. The first-order valence-corrected chi connectivity index (χ1v) is 12.7. The topological polar surface area (TPSA) is 66.5 Å². The van der Waals surface area contributed by atoms with E-state index in [-0.39, 0.29) is 22.2 Å². The van der Waals surface area contributed by atoms with Crippen molar-refractivity contribution < 1.29 is 13.2 Å². The molecule has 0 atom stereocenters. The fourth-order valence-corrected chi connectivity index (χ4v) is 5.23. The van der Waals surface area contributed by atoms with Gasteiger partial charge in [-0.05, 0) is 59.7 Å². The van der Waals surface area contributed by atoms with Gasteiger partial charge < -0.3 is 5.32 Å². The minimum atomic E-state index is -4.04. The summed E-state index contributed by atoms with van der Waals surface area (Å²) in [6, 6.07) is 24.8. The summed E-state index contributed by atoms with van der Waals surface area (Å²) in [5.41, 5.74) is 2.08. The van der Waals surface area contributed by atoms with Crippen molar-refractivity contribution in [2.75, 3.05) is 10.8 Å². The lowest BCUT2D eigenvalue weighted by molar-refractivity contribution is -0.119. The third kappa shape index (κ3) is 5.36. The van der Waals surface area contributed by atoms with Crippen LogP contribution in [0.25, 0.3) is 10.8 Å². The maximum Gasteiger partial charge on any atom is 0.264 e. The molecule has 0 bridgehead atoms. The van der Waals surface area contributed by atoms with E-state index in [9.17, 15) is 13.2 Å². The monoisotopic (exact) mass is 512 g/mol. The number of fused-ring (bicyclic) bond motifs is 1. The second-order valence-corrected chi connectivity index (χ2v) is 10.6. The molecule has 0 fully saturated rings. The van der Waals surface area contributed by atoms with E-state index in [1.807, 2.05) is 49.4 Å². The van der Waals surface area contributed by atoms with Gasteiger partial charge in [0.2, 0.25) is 5.91 Å². The van der Waals surface area contributed by atoms with E-state index in [4.69, 9.17) is 23.2 Å². The van der Waals surface area contributed by atoms with Gasteiger partial charge in [0.05, 0.1) is 20.6 Å². The minimum absolute atomic E-state index is 0.0755. The molecule has 1 amide bonds. The number of benzene rings is 4. The number of carbonyl (C=O) groups excluding carboxylic acids is 1. The number of rotatable bonds is 7. The molecule has 0 aliphatic carbocycles. The van der Waals surface area contributed by atoms with Crippen molar-refractivity contribution >= 4 is 55.6 Å². The number of sulfonamides is 1. The van der Waals surface area contributed by atoms with Gasteiger partial charge >= 0.3 is 0 Å². The van der Waals surface area contributed by atoms with Crippen LogP contribution in [-0.2, 0) is 21.4 Å². The van der Waals surface area contributed by atoms with Gasteiger partial charge in [-0.1, -0.05) is 77.3 Å². The van der Waals surface area contributed by atoms with Gasteiger partial charge in [0.25, 0.3) is 10.0 Å². The van der Waals surface area contributed by atoms with Gasteiger partial charge in [0, 0.05) is 6.54 Å². The molecule has 1 N–H and O–H groups in total. The average Bonchev–Trinajstić information content (AvgIpc) is 2.83. The number of nitrogens with one attached hydrogen (secondary N) is 1. The maximum atomic E-state index is 13.5. The molecule has 34 heavy (non-hydrogen) atoms. The van der Waals surface area contributed by atoms with Crippen LogP contribution in [0, 0.1) is 6.92 Å². The van der Waals surface area contributed by atoms with Crippen LogP contribution in [-0.4, -0.2) is 20.9 Å². The van der Waals surface area contributed by atoms with Crippen LogP contribution in [0.1, 0.15) is 11.1 Å². The van der Waals surface area contributed by atoms with Crippen LogP contribution in [0.5, 0.6) is 0 Å². The zero-order chi connectivity index (χ0) is 24.3. The first-order chi connectivity index (χ1) is 16.2. The van der Waals surface area contributed by atoms with Gasteiger partial charge in [-0.15, -0.1) is 0 Å². The molecular formula is C26H22Cl2N2O3S. The van der Waals surface area contributed by atoms with Crippen LogP contribution < -0.4 is 9.62 Å². The fraction of sp³-hybridized carbons (Fsp3) is 0.115. The summed E-state index contributed by atoms with van der Waals surface area (Å²) in [5, 5.41) is 5.47. The number of carbonyl (C=O) groups is 1. The number of nitrogens with zero attached hydrogens (tertiary/aromatic N) is 1. The summed E-state index contributed by atoms with van der Waals surface area (Å²) in [6.07, 6.45) is 0. The van der Waals surface area contributed by atoms with Crippen LogP contribution >= 0.6 is 23.2 Å². The Bertz CT molecular complexity index is 1450. The van der Waals surface area contributed by atoms with Crippen molar-refractivity contribution in [3.05, 3.63) is 106 Å². The minimum Gasteiger partial charge on any atom is -0.350 e. The SMILES string of the molecule is Cc1ccc(S(=O)(=O)N(CC(=O)NCc2ccc3ccccc3c2)c2ccc(Cl)c(Cl)c2)cc1. The Morgan fingerprint density at radius 3 is 2.26 bits per heavy atom. The number of aryl methyl sites for hydroxylation is 1. The number of anilines is 1. The molecule has 4 aromatic rings. The average molecular weight is 513 g/mol. The maximum absolute atomic E-state index is 13.5. The Morgan fingerprint density at radius 2 is 1.56 bits per heavy atom. The molecular weight excluding hydrogens is 491 g/mol. The summed E-state index contributed by atoms with van der Waals surface area (Å²) in [5.74, 6) is -0.449. The Hall–Kier alpha value is -3.06. The molecule has 0 radical (unpaired) electrons. The molecule has 0 aliphatic rings. The molecule has 0 spiro atoms. The van der Waals surface area contributed by atoms with Gasteiger partial charge in [0.15, 0.2) is 0 Å². The lowest BCUT2D eigenvalue weighted by atomic mass is 10.1. The highest BCUT2D eigenvalue weighted by Crippen LogP contribution is 2.30. The Morgan fingerprint density at radius 1 is 0.853 bits per heavy atom. The molecule has 0 aliphatic heterocycles. The van der Waals surface area contributed by atoms with E-state index >= 15 is 0 Å². The van der Waals surface area contributed by atoms with E-state index in [0.717, 1.165) is 26.2 Å². The van der Waals surface area contributed by atoms with Crippen molar-refractivity contribution in [3.63, 3.8) is 0 Å². The molecule has 4 aromatic carbocycles. The third-order valence-corrected chi connectivity index (χ3v) is 7.92. The second kappa shape index (κ2) is 10.1. The predicted octanol–water partition coefficient (Wildman–Crippen LogP) is 5.97. The molecule has 0 aromatic heterocycles. The molecule has 0 saturated heterocycles. The third-order valence-electron chi connectivity index (χ3n) is 5.39. The predicted molar refractivity (Wildman–Crippen MR) is 138 cm³/mol. The van der Waals surface area contributed by atoms with E-state index in [0.29, 0.717) is 5.02 Å².